The standard InChI is InChI=1S/C24H32N2O/c1-15-3-4-21-19(7-15)20-14-25(2)6-5-22(20)26(21)23(27)24-11-16-8-17(12-24)10-18(9-16)13-24/h3-4,7,16-18,20,22H,5-6,8-14H2,1-2H3/t16?,17?,18?,20-,22-,24?/m1/s1. The number of rotatable bonds is 1. The van der Waals surface area contributed by atoms with Crippen LogP contribution in [0.2, 0.25) is 0 Å². The summed E-state index contributed by atoms with van der Waals surface area (Å²) in [5.41, 5.74) is 3.97. The normalized spacial score (nSPS) is 42.3. The van der Waals surface area contributed by atoms with Gasteiger partial charge in [0.25, 0.3) is 0 Å². The van der Waals surface area contributed by atoms with Crippen molar-refractivity contribution in [1.29, 1.82) is 0 Å². The molecule has 2 heterocycles. The van der Waals surface area contributed by atoms with Crippen LogP contribution >= 0.6 is 0 Å². The summed E-state index contributed by atoms with van der Waals surface area (Å²) < 4.78 is 0. The van der Waals surface area contributed by atoms with Gasteiger partial charge >= 0.3 is 0 Å². The number of carbonyl (C=O) groups is 1. The van der Waals surface area contributed by atoms with E-state index in [0.29, 0.717) is 17.9 Å². The number of amides is 1. The summed E-state index contributed by atoms with van der Waals surface area (Å²) in [6.07, 6.45) is 8.84. The first-order valence-corrected chi connectivity index (χ1v) is 11.2. The van der Waals surface area contributed by atoms with Crippen molar-refractivity contribution in [3.05, 3.63) is 29.3 Å². The van der Waals surface area contributed by atoms with E-state index in [4.69, 9.17) is 0 Å². The maximum absolute atomic E-state index is 14.2. The third kappa shape index (κ3) is 2.33. The average Bonchev–Trinajstić information content (AvgIpc) is 2.93. The number of benzene rings is 1. The van der Waals surface area contributed by atoms with Crippen LogP contribution in [0.5, 0.6) is 0 Å². The van der Waals surface area contributed by atoms with E-state index < -0.39 is 0 Å². The second-order valence-corrected chi connectivity index (χ2v) is 10.7. The lowest BCUT2D eigenvalue weighted by Gasteiger charge is -2.57. The zero-order chi connectivity index (χ0) is 18.3. The second kappa shape index (κ2) is 5.59. The molecule has 4 saturated carbocycles. The Kier molecular flexibility index (Phi) is 3.44. The molecular weight excluding hydrogens is 332 g/mol. The fraction of sp³-hybridized carbons (Fsp3) is 0.708. The molecule has 2 atom stereocenters. The molecule has 4 bridgehead atoms. The van der Waals surface area contributed by atoms with E-state index in [-0.39, 0.29) is 5.41 Å². The van der Waals surface area contributed by atoms with Gasteiger partial charge in [0.1, 0.15) is 0 Å². The summed E-state index contributed by atoms with van der Waals surface area (Å²) in [7, 11) is 2.23. The van der Waals surface area contributed by atoms with E-state index in [9.17, 15) is 4.79 Å². The molecule has 27 heavy (non-hydrogen) atoms. The van der Waals surface area contributed by atoms with Crippen LogP contribution in [-0.4, -0.2) is 37.0 Å². The molecular formula is C24H32N2O. The van der Waals surface area contributed by atoms with Gasteiger partial charge in [0, 0.05) is 24.2 Å². The molecule has 0 aromatic heterocycles. The van der Waals surface area contributed by atoms with Crippen LogP contribution in [0.15, 0.2) is 18.2 Å². The van der Waals surface area contributed by atoms with E-state index in [1.807, 2.05) is 0 Å². The minimum Gasteiger partial charge on any atom is -0.308 e. The summed E-state index contributed by atoms with van der Waals surface area (Å²) in [5.74, 6) is 3.48. The molecule has 3 heteroatoms. The molecule has 3 nitrogen and oxygen atoms in total. The molecule has 7 rings (SSSR count). The minimum atomic E-state index is -0.0326. The Morgan fingerprint density at radius 3 is 2.41 bits per heavy atom. The van der Waals surface area contributed by atoms with Gasteiger partial charge in [0.2, 0.25) is 5.91 Å². The molecule has 1 saturated heterocycles. The molecule has 1 amide bonds. The van der Waals surface area contributed by atoms with Crippen molar-refractivity contribution in [3.63, 3.8) is 0 Å². The fourth-order valence-electron chi connectivity index (χ4n) is 7.97. The highest BCUT2D eigenvalue weighted by Gasteiger charge is 2.58. The highest BCUT2D eigenvalue weighted by Crippen LogP contribution is 2.61. The van der Waals surface area contributed by atoms with Crippen LogP contribution < -0.4 is 4.90 Å². The average molecular weight is 365 g/mol. The van der Waals surface area contributed by atoms with E-state index >= 15 is 0 Å². The number of fused-ring (bicyclic) bond motifs is 3. The Labute approximate surface area is 163 Å². The number of piperidine rings is 1. The van der Waals surface area contributed by atoms with Gasteiger partial charge < -0.3 is 9.80 Å². The number of hydrogen-bond acceptors (Lipinski definition) is 2. The first kappa shape index (κ1) is 16.6. The van der Waals surface area contributed by atoms with Crippen molar-refractivity contribution < 1.29 is 4.79 Å². The van der Waals surface area contributed by atoms with E-state index in [1.54, 1.807) is 0 Å². The van der Waals surface area contributed by atoms with Crippen molar-refractivity contribution in [2.75, 3.05) is 25.0 Å². The first-order valence-electron chi connectivity index (χ1n) is 11.2. The van der Waals surface area contributed by atoms with Crippen molar-refractivity contribution in [2.45, 2.75) is 63.8 Å². The maximum Gasteiger partial charge on any atom is 0.233 e. The third-order valence-corrected chi connectivity index (χ3v) is 8.66. The van der Waals surface area contributed by atoms with Gasteiger partial charge in [0.15, 0.2) is 0 Å². The van der Waals surface area contributed by atoms with Crippen LogP contribution in [0.3, 0.4) is 0 Å². The number of likely N-dealkylation sites (tertiary alicyclic amines) is 1. The topological polar surface area (TPSA) is 23.6 Å². The van der Waals surface area contributed by atoms with Crippen LogP contribution in [0.4, 0.5) is 5.69 Å². The van der Waals surface area contributed by atoms with Crippen molar-refractivity contribution in [2.24, 2.45) is 23.2 Å². The minimum absolute atomic E-state index is 0.0326. The lowest BCUT2D eigenvalue weighted by Crippen LogP contribution is -2.57. The van der Waals surface area contributed by atoms with Crippen LogP contribution in [-0.2, 0) is 4.79 Å². The van der Waals surface area contributed by atoms with Crippen LogP contribution in [0.25, 0.3) is 0 Å². The van der Waals surface area contributed by atoms with Crippen LogP contribution in [0, 0.1) is 30.1 Å². The fourth-order valence-corrected chi connectivity index (χ4v) is 7.97. The molecule has 0 N–H and O–H groups in total. The quantitative estimate of drug-likeness (QED) is 0.740. The predicted octanol–water partition coefficient (Wildman–Crippen LogP) is 4.35. The third-order valence-electron chi connectivity index (χ3n) is 8.66. The first-order chi connectivity index (χ1) is 13.0. The van der Waals surface area contributed by atoms with Crippen LogP contribution in [0.1, 0.15) is 62.0 Å². The van der Waals surface area contributed by atoms with E-state index in [1.165, 1.54) is 55.3 Å². The molecule has 5 fully saturated rings. The van der Waals surface area contributed by atoms with Gasteiger partial charge in [-0.25, -0.2) is 0 Å². The number of anilines is 1. The molecule has 0 radical (unpaired) electrons. The molecule has 1 aromatic carbocycles. The molecule has 1 aromatic rings. The highest BCUT2D eigenvalue weighted by atomic mass is 16.2. The monoisotopic (exact) mass is 364 g/mol. The van der Waals surface area contributed by atoms with E-state index in [0.717, 1.165) is 37.3 Å². The lowest BCUT2D eigenvalue weighted by atomic mass is 9.49. The molecule has 4 aliphatic carbocycles. The maximum atomic E-state index is 14.2. The van der Waals surface area contributed by atoms with Crippen molar-refractivity contribution >= 4 is 11.6 Å². The summed E-state index contributed by atoms with van der Waals surface area (Å²) in [4.78, 5) is 19.0. The zero-order valence-electron chi connectivity index (χ0n) is 16.8. The number of nitrogens with zero attached hydrogens (tertiary/aromatic N) is 2. The van der Waals surface area contributed by atoms with Crippen molar-refractivity contribution in [1.82, 2.24) is 4.90 Å². The van der Waals surface area contributed by atoms with E-state index in [2.05, 4.69) is 42.0 Å². The van der Waals surface area contributed by atoms with Gasteiger partial charge in [-0.3, -0.25) is 4.79 Å². The zero-order valence-corrected chi connectivity index (χ0v) is 16.8. The lowest BCUT2D eigenvalue weighted by molar-refractivity contribution is -0.144. The summed E-state index contributed by atoms with van der Waals surface area (Å²) in [6, 6.07) is 7.21. The predicted molar refractivity (Wildman–Crippen MR) is 108 cm³/mol. The van der Waals surface area contributed by atoms with Gasteiger partial charge in [-0.15, -0.1) is 0 Å². The Balaban J connectivity index is 1.41. The SMILES string of the molecule is Cc1ccc2c(c1)[C@H]1CN(C)CC[C@H]1N2C(=O)C12CC3CC(CC(C3)C1)C2. The molecule has 6 aliphatic rings. The van der Waals surface area contributed by atoms with Gasteiger partial charge in [-0.05, 0) is 94.8 Å². The van der Waals surface area contributed by atoms with Gasteiger partial charge in [-0.1, -0.05) is 17.7 Å². The van der Waals surface area contributed by atoms with Gasteiger partial charge in [0.05, 0.1) is 5.41 Å². The smallest absolute Gasteiger partial charge is 0.233 e. The second-order valence-electron chi connectivity index (χ2n) is 10.7. The molecule has 0 unspecified atom stereocenters. The largest absolute Gasteiger partial charge is 0.308 e. The number of hydrogen-bond donors (Lipinski definition) is 0. The Morgan fingerprint density at radius 2 is 1.74 bits per heavy atom. The Morgan fingerprint density at radius 1 is 1.07 bits per heavy atom. The summed E-state index contributed by atoms with van der Waals surface area (Å²) in [5, 5.41) is 0. The molecule has 2 aliphatic heterocycles. The Hall–Kier alpha value is -1.35. The van der Waals surface area contributed by atoms with Gasteiger partial charge in [-0.2, -0.15) is 0 Å². The Bertz CT molecular complexity index is 764. The number of carbonyl (C=O) groups excluding carboxylic acids is 1. The molecule has 144 valence electrons. The number of aryl methyl sites for hydroxylation is 1. The number of likely N-dealkylation sites (N-methyl/N-ethyl adjacent to an activating group) is 1. The van der Waals surface area contributed by atoms with Crippen molar-refractivity contribution in [3.8, 4) is 0 Å². The summed E-state index contributed by atoms with van der Waals surface area (Å²) >= 11 is 0. The summed E-state index contributed by atoms with van der Waals surface area (Å²) in [6.45, 7) is 4.38. The molecule has 0 spiro atoms. The highest BCUT2D eigenvalue weighted by molar-refractivity contribution is 6.01.